The first kappa shape index (κ1) is 19.9. The highest BCUT2D eigenvalue weighted by atomic mass is 31.0. The van der Waals surface area contributed by atoms with Crippen LogP contribution in [-0.4, -0.2) is 12.7 Å². The molecule has 0 heterocycles. The van der Waals surface area contributed by atoms with Crippen molar-refractivity contribution in [3.05, 3.63) is 59.3 Å². The summed E-state index contributed by atoms with van der Waals surface area (Å²) in [7, 11) is 2.42. The molecule has 1 atom stereocenters. The molecule has 0 spiro atoms. The van der Waals surface area contributed by atoms with Crippen molar-refractivity contribution in [3.8, 4) is 0 Å². The normalized spacial score (nSPS) is 13.9. The lowest BCUT2D eigenvalue weighted by atomic mass is 10.1. The minimum Gasteiger partial charge on any atom is -0.385 e. The van der Waals surface area contributed by atoms with Crippen LogP contribution in [0.25, 0.3) is 0 Å². The third-order valence-corrected chi connectivity index (χ3v) is 3.31. The fourth-order valence-electron chi connectivity index (χ4n) is 2.40. The maximum Gasteiger partial charge on any atom is 0.0339 e. The van der Waals surface area contributed by atoms with Crippen LogP contribution in [0.3, 0.4) is 0 Å². The minimum atomic E-state index is 0.573. The van der Waals surface area contributed by atoms with Gasteiger partial charge in [-0.25, -0.2) is 0 Å². The number of hydrogen-bond donors (Lipinski definition) is 1. The molecule has 118 valence electrons. The van der Waals surface area contributed by atoms with Crippen LogP contribution in [0.15, 0.2) is 48.2 Å². The van der Waals surface area contributed by atoms with Crippen molar-refractivity contribution in [2.24, 2.45) is 0 Å². The van der Waals surface area contributed by atoms with Crippen molar-refractivity contribution in [3.63, 3.8) is 0 Å². The predicted molar refractivity (Wildman–Crippen MR) is 101 cm³/mol. The van der Waals surface area contributed by atoms with E-state index in [1.54, 1.807) is 0 Å². The van der Waals surface area contributed by atoms with Crippen LogP contribution in [0.4, 0.5) is 0 Å². The first-order chi connectivity index (χ1) is 10.3. The van der Waals surface area contributed by atoms with Gasteiger partial charge in [0.2, 0.25) is 0 Å². The van der Waals surface area contributed by atoms with Crippen molar-refractivity contribution in [2.75, 3.05) is 6.66 Å². The zero-order valence-electron chi connectivity index (χ0n) is 14.3. The highest BCUT2D eigenvalue weighted by molar-refractivity contribution is 7.15. The van der Waals surface area contributed by atoms with E-state index in [1.165, 1.54) is 16.8 Å². The summed E-state index contributed by atoms with van der Waals surface area (Å²) in [6.45, 7) is 10.2. The van der Waals surface area contributed by atoms with Gasteiger partial charge in [-0.15, -0.1) is 9.24 Å². The van der Waals surface area contributed by atoms with Crippen LogP contribution in [-0.2, 0) is 12.8 Å². The monoisotopic (exact) mass is 305 g/mol. The van der Waals surface area contributed by atoms with Crippen LogP contribution in [0, 0.1) is 0 Å². The fraction of sp³-hybridized carbons (Fsp3) is 0.474. The van der Waals surface area contributed by atoms with Crippen LogP contribution < -0.4 is 5.32 Å². The highest BCUT2D eigenvalue weighted by Gasteiger charge is 2.20. The van der Waals surface area contributed by atoms with Gasteiger partial charge in [0.1, 0.15) is 0 Å². The lowest BCUT2D eigenvalue weighted by molar-refractivity contribution is 0.584. The largest absolute Gasteiger partial charge is 0.385 e. The predicted octanol–water partition coefficient (Wildman–Crippen LogP) is 5.13. The van der Waals surface area contributed by atoms with E-state index in [0.717, 1.165) is 19.3 Å². The summed E-state index contributed by atoms with van der Waals surface area (Å²) in [6, 6.07) is 9.34. The molecule has 1 aromatic rings. The second kappa shape index (κ2) is 12.7. The number of benzene rings is 1. The molecule has 1 aliphatic rings. The van der Waals surface area contributed by atoms with Crippen LogP contribution in [0.2, 0.25) is 0 Å². The van der Waals surface area contributed by atoms with Gasteiger partial charge in [-0.3, -0.25) is 0 Å². The summed E-state index contributed by atoms with van der Waals surface area (Å²) in [5, 5.41) is 3.66. The smallest absolute Gasteiger partial charge is 0.0339 e. The Labute approximate surface area is 134 Å². The molecule has 2 rings (SSSR count). The third-order valence-electron chi connectivity index (χ3n) is 3.31. The molecule has 1 unspecified atom stereocenters. The molecule has 0 saturated heterocycles. The molecule has 0 radical (unpaired) electrons. The molecular formula is C19H32NP. The van der Waals surface area contributed by atoms with Crippen LogP contribution >= 0.6 is 9.24 Å². The van der Waals surface area contributed by atoms with E-state index >= 15 is 0 Å². The molecule has 0 bridgehead atoms. The molecule has 2 heteroatoms. The lowest BCUT2D eigenvalue weighted by Crippen LogP contribution is -2.28. The number of fused-ring (bicyclic) bond motifs is 1. The fourth-order valence-corrected chi connectivity index (χ4v) is 2.40. The van der Waals surface area contributed by atoms with Gasteiger partial charge in [0.05, 0.1) is 0 Å². The molecular weight excluding hydrogens is 273 g/mol. The zero-order valence-corrected chi connectivity index (χ0v) is 15.5. The Morgan fingerprint density at radius 1 is 1.19 bits per heavy atom. The van der Waals surface area contributed by atoms with Gasteiger partial charge < -0.3 is 5.32 Å². The van der Waals surface area contributed by atoms with E-state index in [0.29, 0.717) is 6.04 Å². The van der Waals surface area contributed by atoms with Gasteiger partial charge >= 0.3 is 0 Å². The van der Waals surface area contributed by atoms with Gasteiger partial charge in [0.15, 0.2) is 0 Å². The van der Waals surface area contributed by atoms with Crippen molar-refractivity contribution >= 4 is 9.24 Å². The maximum atomic E-state index is 3.66. The Morgan fingerprint density at radius 2 is 1.71 bits per heavy atom. The van der Waals surface area contributed by atoms with Gasteiger partial charge in [-0.1, -0.05) is 63.9 Å². The third kappa shape index (κ3) is 6.96. The molecule has 1 N–H and O–H groups in total. The Balaban J connectivity index is 0.000000921. The first-order valence-electron chi connectivity index (χ1n) is 8.06. The Hall–Kier alpha value is -1.07. The Kier molecular flexibility index (Phi) is 12.0. The SMILES string of the molecule is C/C=C\C=C(/CC)NC1Cc2ccccc2C1.CC.CP. The van der Waals surface area contributed by atoms with E-state index in [1.807, 2.05) is 20.5 Å². The number of allylic oxidation sites excluding steroid dienone is 4. The van der Waals surface area contributed by atoms with Gasteiger partial charge in [-0.05, 0) is 43.4 Å². The second-order valence-electron chi connectivity index (χ2n) is 4.59. The second-order valence-corrected chi connectivity index (χ2v) is 4.59. The number of hydrogen-bond acceptors (Lipinski definition) is 1. The maximum absolute atomic E-state index is 3.66. The molecule has 1 aromatic carbocycles. The van der Waals surface area contributed by atoms with E-state index in [-0.39, 0.29) is 0 Å². The molecule has 0 fully saturated rings. The molecule has 0 saturated carbocycles. The molecule has 0 aromatic heterocycles. The first-order valence-corrected chi connectivity index (χ1v) is 9.22. The van der Waals surface area contributed by atoms with Crippen LogP contribution in [0.5, 0.6) is 0 Å². The quantitative estimate of drug-likeness (QED) is 0.600. The van der Waals surface area contributed by atoms with Gasteiger partial charge in [0, 0.05) is 11.7 Å². The number of nitrogens with one attached hydrogen (secondary N) is 1. The molecule has 21 heavy (non-hydrogen) atoms. The summed E-state index contributed by atoms with van der Waals surface area (Å²) in [4.78, 5) is 0. The summed E-state index contributed by atoms with van der Waals surface area (Å²) >= 11 is 0. The van der Waals surface area contributed by atoms with Crippen molar-refractivity contribution < 1.29 is 0 Å². The van der Waals surface area contributed by atoms with E-state index in [9.17, 15) is 0 Å². The lowest BCUT2D eigenvalue weighted by Gasteiger charge is -2.15. The van der Waals surface area contributed by atoms with E-state index in [4.69, 9.17) is 0 Å². The Bertz CT molecular complexity index is 410. The zero-order chi connectivity index (χ0) is 16.1. The van der Waals surface area contributed by atoms with Crippen molar-refractivity contribution in [2.45, 2.75) is 53.0 Å². The molecule has 1 aliphatic carbocycles. The topological polar surface area (TPSA) is 12.0 Å². The minimum absolute atomic E-state index is 0.573. The highest BCUT2D eigenvalue weighted by Crippen LogP contribution is 2.22. The standard InChI is InChI=1S/C16H21N.C2H6.CH5P/c1-3-5-10-15(4-2)17-16-11-13-8-6-7-9-14(13)12-16;2*1-2/h3,5-10,16-17H,4,11-12H2,1-2H3;1-2H3;2H2,1H3/b5-3-,15-10+;;. The summed E-state index contributed by atoms with van der Waals surface area (Å²) in [5.74, 6) is 0. The van der Waals surface area contributed by atoms with Crippen LogP contribution in [0.1, 0.15) is 45.2 Å². The summed E-state index contributed by atoms with van der Waals surface area (Å²) in [5.41, 5.74) is 4.35. The average molecular weight is 305 g/mol. The van der Waals surface area contributed by atoms with Gasteiger partial charge in [-0.2, -0.15) is 0 Å². The molecule has 1 nitrogen and oxygen atoms in total. The molecule has 0 aliphatic heterocycles. The van der Waals surface area contributed by atoms with E-state index in [2.05, 4.69) is 70.9 Å². The Morgan fingerprint density at radius 3 is 2.14 bits per heavy atom. The van der Waals surface area contributed by atoms with Gasteiger partial charge in [0.25, 0.3) is 0 Å². The summed E-state index contributed by atoms with van der Waals surface area (Å²) < 4.78 is 0. The van der Waals surface area contributed by atoms with E-state index < -0.39 is 0 Å². The molecule has 0 amide bonds. The van der Waals surface area contributed by atoms with Crippen molar-refractivity contribution in [1.29, 1.82) is 0 Å². The number of rotatable bonds is 4. The van der Waals surface area contributed by atoms with Crippen molar-refractivity contribution in [1.82, 2.24) is 5.32 Å². The summed E-state index contributed by atoms with van der Waals surface area (Å²) in [6.07, 6.45) is 9.74. The average Bonchev–Trinajstić information content (AvgIpc) is 2.97.